The molecule has 0 aromatic heterocycles. The first kappa shape index (κ1) is 14.5. The molecule has 0 saturated heterocycles. The fraction of sp³-hybridized carbons (Fsp3) is 0.133. The summed E-state index contributed by atoms with van der Waals surface area (Å²) in [7, 11) is 0. The molecule has 0 heterocycles. The van der Waals surface area contributed by atoms with Crippen molar-refractivity contribution >= 4 is 17.3 Å². The molecule has 21 heavy (non-hydrogen) atoms. The number of anilines is 1. The highest BCUT2D eigenvalue weighted by Gasteiger charge is 2.09. The van der Waals surface area contributed by atoms with Crippen molar-refractivity contribution < 1.29 is 14.8 Å². The lowest BCUT2D eigenvalue weighted by atomic mass is 10.1. The van der Waals surface area contributed by atoms with Gasteiger partial charge in [0.25, 0.3) is 5.69 Å². The number of benzene rings is 2. The van der Waals surface area contributed by atoms with E-state index in [9.17, 15) is 14.9 Å². The van der Waals surface area contributed by atoms with Crippen LogP contribution in [0.1, 0.15) is 28.9 Å². The van der Waals surface area contributed by atoms with Gasteiger partial charge in [-0.25, -0.2) is 4.79 Å². The number of hydrogen-bond donors (Lipinski definition) is 2. The first-order valence-corrected chi connectivity index (χ1v) is 6.31. The van der Waals surface area contributed by atoms with E-state index in [0.717, 1.165) is 11.3 Å². The maximum atomic E-state index is 10.8. The van der Waals surface area contributed by atoms with Gasteiger partial charge in [-0.2, -0.15) is 0 Å². The zero-order chi connectivity index (χ0) is 15.4. The van der Waals surface area contributed by atoms with E-state index in [1.54, 1.807) is 24.3 Å². The second-order valence-corrected chi connectivity index (χ2v) is 4.60. The zero-order valence-electron chi connectivity index (χ0n) is 11.3. The molecule has 0 bridgehead atoms. The Kier molecular flexibility index (Phi) is 4.18. The summed E-state index contributed by atoms with van der Waals surface area (Å²) in [6.07, 6.45) is 0. The quantitative estimate of drug-likeness (QED) is 0.648. The Balaban J connectivity index is 2.08. The summed E-state index contributed by atoms with van der Waals surface area (Å²) in [4.78, 5) is 20.9. The molecule has 108 valence electrons. The molecular weight excluding hydrogens is 272 g/mol. The molecule has 6 heteroatoms. The summed E-state index contributed by atoms with van der Waals surface area (Å²) < 4.78 is 0. The van der Waals surface area contributed by atoms with Crippen LogP contribution in [-0.2, 0) is 0 Å². The number of aromatic carboxylic acids is 1. The average molecular weight is 286 g/mol. The molecule has 0 amide bonds. The Labute approximate surface area is 121 Å². The number of rotatable bonds is 5. The SMILES string of the molecule is CC(Nc1ccc(C(=O)O)cc1)c1ccc([N+](=O)[O-])cc1. The van der Waals surface area contributed by atoms with Gasteiger partial charge in [-0.05, 0) is 36.8 Å². The summed E-state index contributed by atoms with van der Waals surface area (Å²) in [5.41, 5.74) is 1.97. The Morgan fingerprint density at radius 2 is 1.71 bits per heavy atom. The topological polar surface area (TPSA) is 92.5 Å². The third kappa shape index (κ3) is 3.56. The van der Waals surface area contributed by atoms with E-state index in [0.29, 0.717) is 0 Å². The molecule has 2 rings (SSSR count). The third-order valence-electron chi connectivity index (χ3n) is 3.12. The fourth-order valence-corrected chi connectivity index (χ4v) is 1.93. The minimum Gasteiger partial charge on any atom is -0.478 e. The van der Waals surface area contributed by atoms with Crippen molar-refractivity contribution in [1.82, 2.24) is 0 Å². The maximum Gasteiger partial charge on any atom is 0.335 e. The molecule has 0 aliphatic carbocycles. The summed E-state index contributed by atoms with van der Waals surface area (Å²) in [6, 6.07) is 12.7. The third-order valence-corrected chi connectivity index (χ3v) is 3.12. The number of nitrogens with zero attached hydrogens (tertiary/aromatic N) is 1. The molecule has 2 N–H and O–H groups in total. The molecule has 0 saturated carbocycles. The van der Waals surface area contributed by atoms with E-state index < -0.39 is 10.9 Å². The number of carboxylic acid groups (broad SMARTS) is 1. The van der Waals surface area contributed by atoms with Crippen LogP contribution in [-0.4, -0.2) is 16.0 Å². The highest BCUT2D eigenvalue weighted by atomic mass is 16.6. The Bertz CT molecular complexity index is 650. The van der Waals surface area contributed by atoms with E-state index in [2.05, 4.69) is 5.32 Å². The van der Waals surface area contributed by atoms with Crippen LogP contribution in [0.2, 0.25) is 0 Å². The highest BCUT2D eigenvalue weighted by molar-refractivity contribution is 5.88. The van der Waals surface area contributed by atoms with Gasteiger partial charge in [-0.15, -0.1) is 0 Å². The molecule has 6 nitrogen and oxygen atoms in total. The molecule has 0 aliphatic rings. The average Bonchev–Trinajstić information content (AvgIpc) is 2.47. The second kappa shape index (κ2) is 6.04. The van der Waals surface area contributed by atoms with Crippen LogP contribution >= 0.6 is 0 Å². The smallest absolute Gasteiger partial charge is 0.335 e. The Morgan fingerprint density at radius 1 is 1.14 bits per heavy atom. The van der Waals surface area contributed by atoms with Crippen LogP contribution in [0.25, 0.3) is 0 Å². The molecule has 2 aromatic carbocycles. The lowest BCUT2D eigenvalue weighted by molar-refractivity contribution is -0.384. The minimum absolute atomic E-state index is 0.0526. The summed E-state index contributed by atoms with van der Waals surface area (Å²) in [6.45, 7) is 1.92. The summed E-state index contributed by atoms with van der Waals surface area (Å²) in [5, 5.41) is 22.6. The largest absolute Gasteiger partial charge is 0.478 e. The molecule has 0 fully saturated rings. The number of nitro groups is 1. The number of carboxylic acids is 1. The van der Waals surface area contributed by atoms with Gasteiger partial charge >= 0.3 is 5.97 Å². The van der Waals surface area contributed by atoms with Gasteiger partial charge in [-0.1, -0.05) is 12.1 Å². The number of non-ortho nitro benzene ring substituents is 1. The van der Waals surface area contributed by atoms with E-state index >= 15 is 0 Å². The van der Waals surface area contributed by atoms with Crippen LogP contribution in [0.15, 0.2) is 48.5 Å². The van der Waals surface area contributed by atoms with Gasteiger partial charge in [0, 0.05) is 23.9 Å². The predicted octanol–water partition coefficient (Wildman–Crippen LogP) is 3.47. The standard InChI is InChI=1S/C15H14N2O4/c1-10(11-4-8-14(9-5-11)17(20)21)16-13-6-2-12(3-7-13)15(18)19/h2-10,16H,1H3,(H,18,19). The van der Waals surface area contributed by atoms with Gasteiger partial charge in [0.1, 0.15) is 0 Å². The van der Waals surface area contributed by atoms with Gasteiger partial charge in [0.2, 0.25) is 0 Å². The van der Waals surface area contributed by atoms with Crippen molar-refractivity contribution in [3.8, 4) is 0 Å². The van der Waals surface area contributed by atoms with Crippen molar-refractivity contribution in [2.45, 2.75) is 13.0 Å². The van der Waals surface area contributed by atoms with Crippen molar-refractivity contribution in [3.63, 3.8) is 0 Å². The lowest BCUT2D eigenvalue weighted by Gasteiger charge is -2.15. The Hall–Kier alpha value is -2.89. The normalized spacial score (nSPS) is 11.7. The van der Waals surface area contributed by atoms with Crippen molar-refractivity contribution in [1.29, 1.82) is 0 Å². The van der Waals surface area contributed by atoms with Crippen molar-refractivity contribution in [2.24, 2.45) is 0 Å². The maximum absolute atomic E-state index is 10.8. The summed E-state index contributed by atoms with van der Waals surface area (Å²) in [5.74, 6) is -0.968. The zero-order valence-corrected chi connectivity index (χ0v) is 11.3. The molecule has 1 unspecified atom stereocenters. The van der Waals surface area contributed by atoms with Gasteiger partial charge in [-0.3, -0.25) is 10.1 Å². The second-order valence-electron chi connectivity index (χ2n) is 4.60. The van der Waals surface area contributed by atoms with Crippen LogP contribution in [0.5, 0.6) is 0 Å². The number of hydrogen-bond acceptors (Lipinski definition) is 4. The number of nitro benzene ring substituents is 1. The molecule has 0 radical (unpaired) electrons. The van der Waals surface area contributed by atoms with Crippen LogP contribution in [0.3, 0.4) is 0 Å². The van der Waals surface area contributed by atoms with E-state index in [1.165, 1.54) is 24.3 Å². The fourth-order valence-electron chi connectivity index (χ4n) is 1.93. The van der Waals surface area contributed by atoms with Gasteiger partial charge in [0.05, 0.1) is 10.5 Å². The minimum atomic E-state index is -0.968. The van der Waals surface area contributed by atoms with E-state index in [4.69, 9.17) is 5.11 Å². The first-order valence-electron chi connectivity index (χ1n) is 6.31. The predicted molar refractivity (Wildman–Crippen MR) is 78.5 cm³/mol. The molecule has 1 atom stereocenters. The van der Waals surface area contributed by atoms with Gasteiger partial charge < -0.3 is 10.4 Å². The van der Waals surface area contributed by atoms with E-state index in [-0.39, 0.29) is 17.3 Å². The first-order chi connectivity index (χ1) is 9.97. The monoisotopic (exact) mass is 286 g/mol. The van der Waals surface area contributed by atoms with Crippen LogP contribution < -0.4 is 5.32 Å². The molecule has 2 aromatic rings. The molecule has 0 spiro atoms. The van der Waals surface area contributed by atoms with Crippen molar-refractivity contribution in [3.05, 3.63) is 69.8 Å². The number of nitrogens with one attached hydrogen (secondary N) is 1. The lowest BCUT2D eigenvalue weighted by Crippen LogP contribution is -2.07. The molecule has 0 aliphatic heterocycles. The van der Waals surface area contributed by atoms with Crippen LogP contribution in [0, 0.1) is 10.1 Å². The van der Waals surface area contributed by atoms with E-state index in [1.807, 2.05) is 6.92 Å². The highest BCUT2D eigenvalue weighted by Crippen LogP contribution is 2.21. The van der Waals surface area contributed by atoms with Gasteiger partial charge in [0.15, 0.2) is 0 Å². The van der Waals surface area contributed by atoms with Crippen LogP contribution in [0.4, 0.5) is 11.4 Å². The molecular formula is C15H14N2O4. The summed E-state index contributed by atoms with van der Waals surface area (Å²) >= 11 is 0. The van der Waals surface area contributed by atoms with Crippen molar-refractivity contribution in [2.75, 3.05) is 5.32 Å². The Morgan fingerprint density at radius 3 is 2.19 bits per heavy atom. The number of carbonyl (C=O) groups is 1.